The third-order valence-electron chi connectivity index (χ3n) is 3.94. The minimum Gasteiger partial charge on any atom is -0.326 e. The predicted molar refractivity (Wildman–Crippen MR) is 90.5 cm³/mol. The van der Waals surface area contributed by atoms with E-state index in [0.29, 0.717) is 0 Å². The molecule has 2 N–H and O–H groups in total. The molecule has 0 saturated heterocycles. The van der Waals surface area contributed by atoms with E-state index in [9.17, 15) is 0 Å². The standard InChI is InChI=1S/C17H25N3S/c1-5-16(18)17(15-9-7-6-8-12(15)2)20(4)10-14-11-21-13(3)19-14/h6-9,11,16-17H,5,10,18H2,1-4H3. The van der Waals surface area contributed by atoms with Gasteiger partial charge in [0.15, 0.2) is 0 Å². The number of aryl methyl sites for hydroxylation is 2. The van der Waals surface area contributed by atoms with E-state index in [2.05, 4.69) is 60.4 Å². The van der Waals surface area contributed by atoms with Crippen molar-refractivity contribution in [2.45, 2.75) is 45.8 Å². The van der Waals surface area contributed by atoms with Gasteiger partial charge in [-0.15, -0.1) is 11.3 Å². The van der Waals surface area contributed by atoms with Crippen molar-refractivity contribution in [2.75, 3.05) is 7.05 Å². The Morgan fingerprint density at radius 2 is 2.00 bits per heavy atom. The van der Waals surface area contributed by atoms with E-state index in [1.165, 1.54) is 11.1 Å². The Morgan fingerprint density at radius 3 is 2.57 bits per heavy atom. The Labute approximate surface area is 131 Å². The maximum atomic E-state index is 6.42. The molecule has 3 nitrogen and oxygen atoms in total. The molecule has 0 fully saturated rings. The molecule has 1 aromatic carbocycles. The van der Waals surface area contributed by atoms with Crippen LogP contribution in [0.3, 0.4) is 0 Å². The number of nitrogens with zero attached hydrogens (tertiary/aromatic N) is 2. The van der Waals surface area contributed by atoms with Gasteiger partial charge in [-0.25, -0.2) is 4.98 Å². The van der Waals surface area contributed by atoms with Crippen LogP contribution in [-0.2, 0) is 6.54 Å². The summed E-state index contributed by atoms with van der Waals surface area (Å²) in [6.07, 6.45) is 0.958. The molecule has 0 saturated carbocycles. The van der Waals surface area contributed by atoms with Gasteiger partial charge in [0.05, 0.1) is 16.7 Å². The molecule has 0 bridgehead atoms. The minimum absolute atomic E-state index is 0.121. The van der Waals surface area contributed by atoms with Crippen LogP contribution in [0, 0.1) is 13.8 Å². The molecule has 0 aliphatic rings. The molecule has 0 radical (unpaired) electrons. The van der Waals surface area contributed by atoms with E-state index in [-0.39, 0.29) is 12.1 Å². The maximum absolute atomic E-state index is 6.42. The van der Waals surface area contributed by atoms with Crippen molar-refractivity contribution in [3.8, 4) is 0 Å². The van der Waals surface area contributed by atoms with Gasteiger partial charge in [0.2, 0.25) is 0 Å². The SMILES string of the molecule is CCC(N)C(c1ccccc1C)N(C)Cc1csc(C)n1. The fraction of sp³-hybridized carbons (Fsp3) is 0.471. The zero-order chi connectivity index (χ0) is 15.4. The molecule has 0 spiro atoms. The quantitative estimate of drug-likeness (QED) is 0.885. The zero-order valence-corrected chi connectivity index (χ0v) is 14.2. The summed E-state index contributed by atoms with van der Waals surface area (Å²) in [6.45, 7) is 7.18. The number of likely N-dealkylation sites (N-methyl/N-ethyl adjacent to an activating group) is 1. The molecule has 4 heteroatoms. The lowest BCUT2D eigenvalue weighted by atomic mass is 9.93. The van der Waals surface area contributed by atoms with Crippen LogP contribution in [0.1, 0.15) is 41.2 Å². The molecule has 0 amide bonds. The van der Waals surface area contributed by atoms with Crippen LogP contribution < -0.4 is 5.73 Å². The summed E-state index contributed by atoms with van der Waals surface area (Å²) in [5.41, 5.74) is 10.2. The van der Waals surface area contributed by atoms with Crippen LogP contribution in [0.4, 0.5) is 0 Å². The zero-order valence-electron chi connectivity index (χ0n) is 13.3. The summed E-state index contributed by atoms with van der Waals surface area (Å²) in [7, 11) is 2.14. The van der Waals surface area contributed by atoms with Gasteiger partial charge >= 0.3 is 0 Å². The molecule has 2 atom stereocenters. The molecular formula is C17H25N3S. The van der Waals surface area contributed by atoms with Gasteiger partial charge in [-0.3, -0.25) is 4.90 Å². The van der Waals surface area contributed by atoms with E-state index in [1.54, 1.807) is 11.3 Å². The van der Waals surface area contributed by atoms with E-state index in [1.807, 2.05) is 6.92 Å². The number of aromatic nitrogens is 1. The Balaban J connectivity index is 2.25. The number of hydrogen-bond acceptors (Lipinski definition) is 4. The first-order valence-corrected chi connectivity index (χ1v) is 8.33. The van der Waals surface area contributed by atoms with Crippen molar-refractivity contribution in [1.29, 1.82) is 0 Å². The lowest BCUT2D eigenvalue weighted by Gasteiger charge is -2.33. The molecule has 2 unspecified atom stereocenters. The normalized spacial score (nSPS) is 14.4. The highest BCUT2D eigenvalue weighted by molar-refractivity contribution is 7.09. The van der Waals surface area contributed by atoms with Crippen molar-refractivity contribution in [2.24, 2.45) is 5.73 Å². The first kappa shape index (κ1) is 16.1. The van der Waals surface area contributed by atoms with Gasteiger partial charge in [0, 0.05) is 18.0 Å². The van der Waals surface area contributed by atoms with E-state index in [0.717, 1.165) is 23.7 Å². The van der Waals surface area contributed by atoms with Crippen LogP contribution in [0.2, 0.25) is 0 Å². The highest BCUT2D eigenvalue weighted by atomic mass is 32.1. The lowest BCUT2D eigenvalue weighted by Crippen LogP contribution is -2.39. The van der Waals surface area contributed by atoms with Crippen molar-refractivity contribution < 1.29 is 0 Å². The summed E-state index contributed by atoms with van der Waals surface area (Å²) in [4.78, 5) is 6.89. The van der Waals surface area contributed by atoms with Crippen molar-refractivity contribution >= 4 is 11.3 Å². The van der Waals surface area contributed by atoms with Gasteiger partial charge in [-0.05, 0) is 38.4 Å². The van der Waals surface area contributed by atoms with Gasteiger partial charge in [0.1, 0.15) is 0 Å². The van der Waals surface area contributed by atoms with Gasteiger partial charge in [-0.2, -0.15) is 0 Å². The van der Waals surface area contributed by atoms with E-state index >= 15 is 0 Å². The third-order valence-corrected chi connectivity index (χ3v) is 4.76. The molecule has 21 heavy (non-hydrogen) atoms. The number of rotatable bonds is 6. The summed E-state index contributed by atoms with van der Waals surface area (Å²) < 4.78 is 0. The molecule has 1 aromatic heterocycles. The Kier molecular flexibility index (Phi) is 5.51. The van der Waals surface area contributed by atoms with Crippen LogP contribution >= 0.6 is 11.3 Å². The fourth-order valence-corrected chi connectivity index (χ4v) is 3.38. The summed E-state index contributed by atoms with van der Waals surface area (Å²) >= 11 is 1.70. The lowest BCUT2D eigenvalue weighted by molar-refractivity contribution is 0.199. The molecule has 0 aliphatic heterocycles. The summed E-state index contributed by atoms with van der Waals surface area (Å²) in [5, 5.41) is 3.25. The van der Waals surface area contributed by atoms with Crippen molar-refractivity contribution in [1.82, 2.24) is 9.88 Å². The second-order valence-corrected chi connectivity index (χ2v) is 6.71. The number of hydrogen-bond donors (Lipinski definition) is 1. The first-order valence-electron chi connectivity index (χ1n) is 7.45. The topological polar surface area (TPSA) is 42.1 Å². The van der Waals surface area contributed by atoms with Gasteiger partial charge in [0.25, 0.3) is 0 Å². The molecule has 114 valence electrons. The Bertz CT molecular complexity index is 579. The average molecular weight is 303 g/mol. The smallest absolute Gasteiger partial charge is 0.0897 e. The van der Waals surface area contributed by atoms with Gasteiger partial charge in [-0.1, -0.05) is 31.2 Å². The Morgan fingerprint density at radius 1 is 1.29 bits per heavy atom. The van der Waals surface area contributed by atoms with Crippen LogP contribution in [0.15, 0.2) is 29.6 Å². The maximum Gasteiger partial charge on any atom is 0.0897 e. The Hall–Kier alpha value is -1.23. The van der Waals surface area contributed by atoms with Crippen LogP contribution in [-0.4, -0.2) is 23.0 Å². The second-order valence-electron chi connectivity index (χ2n) is 5.65. The third kappa shape index (κ3) is 3.90. The minimum atomic E-state index is 0.121. The molecule has 0 aliphatic carbocycles. The van der Waals surface area contributed by atoms with Crippen LogP contribution in [0.25, 0.3) is 0 Å². The first-order chi connectivity index (χ1) is 10.0. The number of thiazole rings is 1. The average Bonchev–Trinajstić information content (AvgIpc) is 2.86. The number of benzene rings is 1. The van der Waals surface area contributed by atoms with Crippen molar-refractivity contribution in [3.05, 3.63) is 51.5 Å². The molecular weight excluding hydrogens is 278 g/mol. The largest absolute Gasteiger partial charge is 0.326 e. The van der Waals surface area contributed by atoms with E-state index in [4.69, 9.17) is 5.73 Å². The van der Waals surface area contributed by atoms with Gasteiger partial charge < -0.3 is 5.73 Å². The predicted octanol–water partition coefficient (Wildman–Crippen LogP) is 3.67. The molecule has 2 rings (SSSR count). The highest BCUT2D eigenvalue weighted by Crippen LogP contribution is 2.28. The fourth-order valence-electron chi connectivity index (χ4n) is 2.77. The highest BCUT2D eigenvalue weighted by Gasteiger charge is 2.24. The second kappa shape index (κ2) is 7.16. The van der Waals surface area contributed by atoms with E-state index < -0.39 is 0 Å². The summed E-state index contributed by atoms with van der Waals surface area (Å²) in [6, 6.07) is 8.87. The molecule has 1 heterocycles. The number of nitrogens with two attached hydrogens (primary N) is 1. The van der Waals surface area contributed by atoms with Crippen molar-refractivity contribution in [3.63, 3.8) is 0 Å². The molecule has 2 aromatic rings. The monoisotopic (exact) mass is 303 g/mol. The summed E-state index contributed by atoms with van der Waals surface area (Å²) in [5.74, 6) is 0. The van der Waals surface area contributed by atoms with Crippen LogP contribution in [0.5, 0.6) is 0 Å².